The first-order valence-corrected chi connectivity index (χ1v) is 5.73. The highest BCUT2D eigenvalue weighted by Crippen LogP contribution is 2.00. The van der Waals surface area contributed by atoms with Crippen molar-refractivity contribution in [1.29, 1.82) is 0 Å². The fourth-order valence-electron chi connectivity index (χ4n) is 1.13. The molecule has 4 heteroatoms. The monoisotopic (exact) mass is 216 g/mol. The summed E-state index contributed by atoms with van der Waals surface area (Å²) in [7, 11) is 0. The minimum Gasteiger partial charge on any atom is -0.449 e. The van der Waals surface area contributed by atoms with Crippen LogP contribution in [0.1, 0.15) is 33.6 Å². The number of hydrogen-bond donors (Lipinski definition) is 1. The van der Waals surface area contributed by atoms with Gasteiger partial charge in [0.1, 0.15) is 0 Å². The number of rotatable bonds is 7. The first kappa shape index (κ1) is 14.2. The SMILES string of the molecule is CCCCN(CCN)C(=O)OCC(C)C. The molecule has 0 radical (unpaired) electrons. The van der Waals surface area contributed by atoms with Gasteiger partial charge >= 0.3 is 6.09 Å². The van der Waals surface area contributed by atoms with Gasteiger partial charge in [-0.25, -0.2) is 4.79 Å². The molecule has 0 unspecified atom stereocenters. The number of carbonyl (C=O) groups is 1. The van der Waals surface area contributed by atoms with Crippen molar-refractivity contribution in [1.82, 2.24) is 4.90 Å². The van der Waals surface area contributed by atoms with E-state index >= 15 is 0 Å². The van der Waals surface area contributed by atoms with Gasteiger partial charge in [0.25, 0.3) is 0 Å². The van der Waals surface area contributed by atoms with E-state index in [2.05, 4.69) is 6.92 Å². The minimum absolute atomic E-state index is 0.234. The van der Waals surface area contributed by atoms with Crippen molar-refractivity contribution >= 4 is 6.09 Å². The second-order valence-electron chi connectivity index (χ2n) is 4.10. The van der Waals surface area contributed by atoms with Gasteiger partial charge in [-0.15, -0.1) is 0 Å². The van der Waals surface area contributed by atoms with Crippen molar-refractivity contribution in [2.24, 2.45) is 11.7 Å². The highest BCUT2D eigenvalue weighted by molar-refractivity contribution is 5.67. The van der Waals surface area contributed by atoms with Gasteiger partial charge in [-0.3, -0.25) is 0 Å². The van der Waals surface area contributed by atoms with Crippen LogP contribution in [-0.4, -0.2) is 37.2 Å². The maximum absolute atomic E-state index is 11.6. The molecule has 0 bridgehead atoms. The molecule has 0 aromatic heterocycles. The zero-order valence-electron chi connectivity index (χ0n) is 10.2. The lowest BCUT2D eigenvalue weighted by atomic mass is 10.2. The first-order chi connectivity index (χ1) is 7.11. The van der Waals surface area contributed by atoms with Crippen molar-refractivity contribution in [2.75, 3.05) is 26.2 Å². The van der Waals surface area contributed by atoms with Gasteiger partial charge in [-0.05, 0) is 12.3 Å². The van der Waals surface area contributed by atoms with Gasteiger partial charge in [-0.1, -0.05) is 27.2 Å². The van der Waals surface area contributed by atoms with Gasteiger partial charge in [-0.2, -0.15) is 0 Å². The molecule has 0 rings (SSSR count). The molecule has 1 amide bonds. The molecule has 90 valence electrons. The summed E-state index contributed by atoms with van der Waals surface area (Å²) in [6.07, 6.45) is 1.83. The zero-order valence-corrected chi connectivity index (χ0v) is 10.2. The van der Waals surface area contributed by atoms with Gasteiger partial charge in [0.05, 0.1) is 6.61 Å². The third-order valence-electron chi connectivity index (χ3n) is 1.98. The van der Waals surface area contributed by atoms with Crippen LogP contribution >= 0.6 is 0 Å². The van der Waals surface area contributed by atoms with Gasteiger partial charge in [0.2, 0.25) is 0 Å². The Labute approximate surface area is 92.8 Å². The summed E-state index contributed by atoms with van der Waals surface area (Å²) in [6.45, 7) is 8.42. The van der Waals surface area contributed by atoms with E-state index in [4.69, 9.17) is 10.5 Å². The summed E-state index contributed by atoms with van der Waals surface area (Å²) in [6, 6.07) is 0. The van der Waals surface area contributed by atoms with E-state index in [-0.39, 0.29) is 6.09 Å². The molecule has 0 saturated carbocycles. The third-order valence-corrected chi connectivity index (χ3v) is 1.98. The largest absolute Gasteiger partial charge is 0.449 e. The highest BCUT2D eigenvalue weighted by Gasteiger charge is 2.13. The maximum Gasteiger partial charge on any atom is 0.409 e. The number of unbranched alkanes of at least 4 members (excludes halogenated alkanes) is 1. The number of carbonyl (C=O) groups excluding carboxylic acids is 1. The van der Waals surface area contributed by atoms with Crippen LogP contribution in [0.25, 0.3) is 0 Å². The molecule has 0 atom stereocenters. The van der Waals surface area contributed by atoms with Crippen LogP contribution in [-0.2, 0) is 4.74 Å². The van der Waals surface area contributed by atoms with E-state index in [1.165, 1.54) is 0 Å². The predicted molar refractivity (Wildman–Crippen MR) is 61.7 cm³/mol. The molecule has 0 aliphatic carbocycles. The Morgan fingerprint density at radius 3 is 2.53 bits per heavy atom. The third kappa shape index (κ3) is 7.19. The Bertz CT molecular complexity index is 172. The molecular weight excluding hydrogens is 192 g/mol. The molecule has 0 saturated heterocycles. The van der Waals surface area contributed by atoms with Crippen LogP contribution in [0.2, 0.25) is 0 Å². The average molecular weight is 216 g/mol. The Morgan fingerprint density at radius 1 is 1.40 bits per heavy atom. The van der Waals surface area contributed by atoms with Crippen molar-refractivity contribution in [3.05, 3.63) is 0 Å². The smallest absolute Gasteiger partial charge is 0.409 e. The van der Waals surface area contributed by atoms with Crippen LogP contribution in [0.5, 0.6) is 0 Å². The molecule has 4 nitrogen and oxygen atoms in total. The van der Waals surface area contributed by atoms with Crippen molar-refractivity contribution in [3.8, 4) is 0 Å². The van der Waals surface area contributed by atoms with Crippen molar-refractivity contribution in [2.45, 2.75) is 33.6 Å². The van der Waals surface area contributed by atoms with E-state index in [9.17, 15) is 4.79 Å². The summed E-state index contributed by atoms with van der Waals surface area (Å²) in [5.74, 6) is 0.375. The predicted octanol–water partition coefficient (Wildman–Crippen LogP) is 1.84. The van der Waals surface area contributed by atoms with Crippen LogP contribution in [0.4, 0.5) is 4.79 Å². The molecule has 0 aromatic carbocycles. The summed E-state index contributed by atoms with van der Waals surface area (Å²) < 4.78 is 5.15. The number of hydrogen-bond acceptors (Lipinski definition) is 3. The Hall–Kier alpha value is -0.770. The fraction of sp³-hybridized carbons (Fsp3) is 0.909. The number of amides is 1. The number of nitrogens with zero attached hydrogens (tertiary/aromatic N) is 1. The summed E-state index contributed by atoms with van der Waals surface area (Å²) >= 11 is 0. The summed E-state index contributed by atoms with van der Waals surface area (Å²) in [5, 5.41) is 0. The van der Waals surface area contributed by atoms with E-state index in [1.54, 1.807) is 4.90 Å². The van der Waals surface area contributed by atoms with E-state index in [1.807, 2.05) is 13.8 Å². The van der Waals surface area contributed by atoms with Crippen molar-refractivity contribution in [3.63, 3.8) is 0 Å². The molecule has 0 aliphatic rings. The van der Waals surface area contributed by atoms with E-state index in [0.29, 0.717) is 25.6 Å². The van der Waals surface area contributed by atoms with E-state index in [0.717, 1.165) is 19.4 Å². The van der Waals surface area contributed by atoms with Crippen LogP contribution < -0.4 is 5.73 Å². The molecule has 2 N–H and O–H groups in total. The molecule has 0 fully saturated rings. The second-order valence-corrected chi connectivity index (χ2v) is 4.10. The van der Waals surface area contributed by atoms with Crippen LogP contribution in [0.15, 0.2) is 0 Å². The second kappa shape index (κ2) is 8.53. The molecule has 0 aliphatic heterocycles. The summed E-state index contributed by atoms with van der Waals surface area (Å²) in [5.41, 5.74) is 5.45. The lowest BCUT2D eigenvalue weighted by Crippen LogP contribution is -2.37. The molecule has 0 spiro atoms. The average Bonchev–Trinajstić information content (AvgIpc) is 2.20. The minimum atomic E-state index is -0.234. The van der Waals surface area contributed by atoms with Gasteiger partial charge in [0.15, 0.2) is 0 Å². The lowest BCUT2D eigenvalue weighted by molar-refractivity contribution is 0.0925. The quantitative estimate of drug-likeness (QED) is 0.706. The Balaban J connectivity index is 3.92. The highest BCUT2D eigenvalue weighted by atomic mass is 16.6. The van der Waals surface area contributed by atoms with Crippen LogP contribution in [0.3, 0.4) is 0 Å². The van der Waals surface area contributed by atoms with E-state index < -0.39 is 0 Å². The zero-order chi connectivity index (χ0) is 11.7. The van der Waals surface area contributed by atoms with Crippen LogP contribution in [0, 0.1) is 5.92 Å². The molecule has 15 heavy (non-hydrogen) atoms. The topological polar surface area (TPSA) is 55.6 Å². The Morgan fingerprint density at radius 2 is 2.07 bits per heavy atom. The number of ether oxygens (including phenoxy) is 1. The Kier molecular flexibility index (Phi) is 8.09. The maximum atomic E-state index is 11.6. The molecule has 0 aromatic rings. The van der Waals surface area contributed by atoms with Crippen molar-refractivity contribution < 1.29 is 9.53 Å². The fourth-order valence-corrected chi connectivity index (χ4v) is 1.13. The number of nitrogens with two attached hydrogens (primary N) is 1. The van der Waals surface area contributed by atoms with Gasteiger partial charge < -0.3 is 15.4 Å². The molecule has 0 heterocycles. The first-order valence-electron chi connectivity index (χ1n) is 5.73. The van der Waals surface area contributed by atoms with Gasteiger partial charge in [0, 0.05) is 19.6 Å². The normalized spacial score (nSPS) is 10.5. The summed E-state index contributed by atoms with van der Waals surface area (Å²) in [4.78, 5) is 13.3. The molecular formula is C11H24N2O2. The standard InChI is InChI=1S/C11H24N2O2/c1-4-5-7-13(8-6-12)11(14)15-9-10(2)3/h10H,4-9,12H2,1-3H3. The lowest BCUT2D eigenvalue weighted by Gasteiger charge is -2.21.